The van der Waals surface area contributed by atoms with E-state index in [0.717, 1.165) is 35.4 Å². The number of nitrogens with zero attached hydrogens (tertiary/aromatic N) is 3. The Morgan fingerprint density at radius 2 is 2.15 bits per heavy atom. The van der Waals surface area contributed by atoms with Crippen LogP contribution in [0.4, 0.5) is 0 Å². The van der Waals surface area contributed by atoms with E-state index in [-0.39, 0.29) is 0 Å². The van der Waals surface area contributed by atoms with Gasteiger partial charge in [0, 0.05) is 25.0 Å². The van der Waals surface area contributed by atoms with Gasteiger partial charge in [0.25, 0.3) is 0 Å². The van der Waals surface area contributed by atoms with E-state index in [1.807, 2.05) is 25.4 Å². The summed E-state index contributed by atoms with van der Waals surface area (Å²) in [5.41, 5.74) is 4.56. The zero-order chi connectivity index (χ0) is 13.9. The first kappa shape index (κ1) is 12.8. The van der Waals surface area contributed by atoms with Crippen molar-refractivity contribution in [2.75, 3.05) is 13.6 Å². The Balaban J connectivity index is 2.06. The number of rotatable bonds is 4. The third kappa shape index (κ3) is 2.30. The molecule has 0 atom stereocenters. The van der Waals surface area contributed by atoms with Crippen molar-refractivity contribution in [2.24, 2.45) is 7.05 Å². The van der Waals surface area contributed by atoms with Gasteiger partial charge in [-0.2, -0.15) is 0 Å². The van der Waals surface area contributed by atoms with E-state index in [1.54, 1.807) is 6.20 Å². The predicted octanol–water partition coefficient (Wildman–Crippen LogP) is 2.40. The van der Waals surface area contributed by atoms with E-state index in [9.17, 15) is 0 Å². The molecule has 0 amide bonds. The van der Waals surface area contributed by atoms with Crippen molar-refractivity contribution in [3.8, 4) is 11.4 Å². The van der Waals surface area contributed by atoms with Crippen LogP contribution in [0.15, 0.2) is 42.7 Å². The number of pyridine rings is 1. The fraction of sp³-hybridized carbons (Fsp3) is 0.250. The molecule has 0 aliphatic rings. The van der Waals surface area contributed by atoms with Crippen LogP contribution in [0, 0.1) is 0 Å². The van der Waals surface area contributed by atoms with E-state index < -0.39 is 0 Å². The largest absolute Gasteiger partial charge is 0.327 e. The van der Waals surface area contributed by atoms with Gasteiger partial charge in [0.05, 0.1) is 11.0 Å². The lowest BCUT2D eigenvalue weighted by molar-refractivity contribution is 0.792. The molecule has 102 valence electrons. The van der Waals surface area contributed by atoms with Crippen LogP contribution in [0.25, 0.3) is 22.4 Å². The second-order valence-electron chi connectivity index (χ2n) is 4.91. The smallest absolute Gasteiger partial charge is 0.142 e. The van der Waals surface area contributed by atoms with E-state index in [2.05, 4.69) is 40.1 Å². The van der Waals surface area contributed by atoms with Crippen molar-refractivity contribution in [3.05, 3.63) is 48.3 Å². The van der Waals surface area contributed by atoms with Gasteiger partial charge in [-0.3, -0.25) is 4.98 Å². The zero-order valence-corrected chi connectivity index (χ0v) is 11.8. The Morgan fingerprint density at radius 3 is 2.90 bits per heavy atom. The molecule has 1 N–H and O–H groups in total. The van der Waals surface area contributed by atoms with E-state index >= 15 is 0 Å². The van der Waals surface area contributed by atoms with Crippen molar-refractivity contribution in [3.63, 3.8) is 0 Å². The van der Waals surface area contributed by atoms with E-state index in [0.29, 0.717) is 0 Å². The summed E-state index contributed by atoms with van der Waals surface area (Å²) in [6.45, 7) is 0.985. The number of fused-ring (bicyclic) bond motifs is 1. The summed E-state index contributed by atoms with van der Waals surface area (Å²) in [4.78, 5) is 8.88. The van der Waals surface area contributed by atoms with Gasteiger partial charge in [0.1, 0.15) is 5.82 Å². The Bertz CT molecular complexity index is 716. The number of aryl methyl sites for hydroxylation is 1. The van der Waals surface area contributed by atoms with E-state index in [4.69, 9.17) is 4.98 Å². The molecule has 0 saturated carbocycles. The predicted molar refractivity (Wildman–Crippen MR) is 81.6 cm³/mol. The Morgan fingerprint density at radius 1 is 1.25 bits per heavy atom. The van der Waals surface area contributed by atoms with Gasteiger partial charge in [-0.1, -0.05) is 6.07 Å². The first-order valence-corrected chi connectivity index (χ1v) is 6.80. The summed E-state index contributed by atoms with van der Waals surface area (Å²) in [5.74, 6) is 0.957. The van der Waals surface area contributed by atoms with Gasteiger partial charge in [-0.15, -0.1) is 0 Å². The standard InChI is InChI=1S/C16H18N4/c1-17-9-7-12-5-6-14-15(10-12)20(2)16(19-14)13-4-3-8-18-11-13/h3-6,8,10-11,17H,7,9H2,1-2H3. The number of aromatic nitrogens is 3. The van der Waals surface area contributed by atoms with Crippen molar-refractivity contribution in [2.45, 2.75) is 6.42 Å². The number of likely N-dealkylation sites (N-methyl/N-ethyl adjacent to an activating group) is 1. The molecular weight excluding hydrogens is 248 g/mol. The van der Waals surface area contributed by atoms with Crippen LogP contribution in [-0.4, -0.2) is 28.1 Å². The molecule has 3 aromatic rings. The van der Waals surface area contributed by atoms with Crippen LogP contribution < -0.4 is 5.32 Å². The first-order chi connectivity index (χ1) is 9.79. The molecule has 0 aliphatic heterocycles. The molecule has 0 aliphatic carbocycles. The highest BCUT2D eigenvalue weighted by molar-refractivity contribution is 5.81. The summed E-state index contributed by atoms with van der Waals surface area (Å²) in [6, 6.07) is 10.4. The van der Waals surface area contributed by atoms with Crippen LogP contribution in [0.1, 0.15) is 5.56 Å². The molecule has 20 heavy (non-hydrogen) atoms. The van der Waals surface area contributed by atoms with Crippen molar-refractivity contribution >= 4 is 11.0 Å². The van der Waals surface area contributed by atoms with E-state index in [1.165, 1.54) is 5.56 Å². The minimum atomic E-state index is 0.957. The number of hydrogen-bond acceptors (Lipinski definition) is 3. The molecule has 2 heterocycles. The first-order valence-electron chi connectivity index (χ1n) is 6.80. The van der Waals surface area contributed by atoms with Gasteiger partial charge >= 0.3 is 0 Å². The van der Waals surface area contributed by atoms with Crippen LogP contribution in [0.5, 0.6) is 0 Å². The van der Waals surface area contributed by atoms with Gasteiger partial charge < -0.3 is 9.88 Å². The Labute approximate surface area is 118 Å². The van der Waals surface area contributed by atoms with Gasteiger partial charge in [0.2, 0.25) is 0 Å². The third-order valence-corrected chi connectivity index (χ3v) is 3.53. The van der Waals surface area contributed by atoms with Crippen molar-refractivity contribution in [1.29, 1.82) is 0 Å². The normalized spacial score (nSPS) is 11.1. The fourth-order valence-corrected chi connectivity index (χ4v) is 2.41. The second-order valence-corrected chi connectivity index (χ2v) is 4.91. The average molecular weight is 266 g/mol. The number of hydrogen-bond donors (Lipinski definition) is 1. The van der Waals surface area contributed by atoms with Crippen LogP contribution >= 0.6 is 0 Å². The molecule has 4 nitrogen and oxygen atoms in total. The van der Waals surface area contributed by atoms with Gasteiger partial charge in [0.15, 0.2) is 0 Å². The van der Waals surface area contributed by atoms with Gasteiger partial charge in [-0.05, 0) is 49.8 Å². The summed E-state index contributed by atoms with van der Waals surface area (Å²) in [6.07, 6.45) is 4.66. The number of imidazole rings is 1. The molecular formula is C16H18N4. The highest BCUT2D eigenvalue weighted by atomic mass is 15.1. The molecule has 4 heteroatoms. The number of nitrogens with one attached hydrogen (secondary N) is 1. The summed E-state index contributed by atoms with van der Waals surface area (Å²) in [7, 11) is 4.03. The topological polar surface area (TPSA) is 42.7 Å². The molecule has 1 aromatic carbocycles. The molecule has 0 unspecified atom stereocenters. The van der Waals surface area contributed by atoms with Crippen LogP contribution in [0.2, 0.25) is 0 Å². The lowest BCUT2D eigenvalue weighted by atomic mass is 10.1. The maximum Gasteiger partial charge on any atom is 0.142 e. The number of benzene rings is 1. The molecule has 0 fully saturated rings. The molecule has 3 rings (SSSR count). The minimum Gasteiger partial charge on any atom is -0.327 e. The highest BCUT2D eigenvalue weighted by Crippen LogP contribution is 2.23. The van der Waals surface area contributed by atoms with Crippen LogP contribution in [-0.2, 0) is 13.5 Å². The SMILES string of the molecule is CNCCc1ccc2nc(-c3cccnc3)n(C)c2c1. The monoisotopic (exact) mass is 266 g/mol. The average Bonchev–Trinajstić information content (AvgIpc) is 2.83. The van der Waals surface area contributed by atoms with Crippen molar-refractivity contribution < 1.29 is 0 Å². The highest BCUT2D eigenvalue weighted by Gasteiger charge is 2.10. The summed E-state index contributed by atoms with van der Waals surface area (Å²) >= 11 is 0. The second kappa shape index (κ2) is 5.43. The minimum absolute atomic E-state index is 0.957. The van der Waals surface area contributed by atoms with Crippen LogP contribution in [0.3, 0.4) is 0 Å². The fourth-order valence-electron chi connectivity index (χ4n) is 2.41. The Hall–Kier alpha value is -2.20. The molecule has 2 aromatic heterocycles. The third-order valence-electron chi connectivity index (χ3n) is 3.53. The quantitative estimate of drug-likeness (QED) is 0.788. The van der Waals surface area contributed by atoms with Crippen molar-refractivity contribution in [1.82, 2.24) is 19.9 Å². The zero-order valence-electron chi connectivity index (χ0n) is 11.8. The molecule has 0 bridgehead atoms. The lowest BCUT2D eigenvalue weighted by Gasteiger charge is -2.03. The van der Waals surface area contributed by atoms with Gasteiger partial charge in [-0.25, -0.2) is 4.98 Å². The molecule has 0 spiro atoms. The summed E-state index contributed by atoms with van der Waals surface area (Å²) < 4.78 is 2.13. The molecule has 0 saturated heterocycles. The summed E-state index contributed by atoms with van der Waals surface area (Å²) in [5, 5.41) is 3.18. The lowest BCUT2D eigenvalue weighted by Crippen LogP contribution is -2.10. The maximum atomic E-state index is 4.71. The molecule has 0 radical (unpaired) electrons. The maximum absolute atomic E-state index is 4.71. The Kier molecular flexibility index (Phi) is 3.48.